The highest BCUT2D eigenvalue weighted by atomic mass is 16.7. The van der Waals surface area contributed by atoms with Crippen molar-refractivity contribution in [1.29, 1.82) is 0 Å². The number of aromatic hydroxyl groups is 2. The van der Waals surface area contributed by atoms with E-state index in [0.29, 0.717) is 5.56 Å². The van der Waals surface area contributed by atoms with E-state index in [9.17, 15) is 45.6 Å². The number of phenols is 2. The van der Waals surface area contributed by atoms with Crippen molar-refractivity contribution < 1.29 is 64.6 Å². The Labute approximate surface area is 193 Å². The van der Waals surface area contributed by atoms with Crippen LogP contribution in [-0.2, 0) is 23.7 Å². The molecule has 2 saturated heterocycles. The van der Waals surface area contributed by atoms with E-state index in [2.05, 4.69) is 0 Å². The molecule has 10 atom stereocenters. The van der Waals surface area contributed by atoms with E-state index in [1.807, 2.05) is 0 Å². The first-order chi connectivity index (χ1) is 16.0. The van der Waals surface area contributed by atoms with E-state index in [1.165, 1.54) is 31.2 Å². The van der Waals surface area contributed by atoms with Gasteiger partial charge in [0, 0.05) is 6.08 Å². The standard InChI is InChI=1S/C21H28O13/c1-8-14(26)15(27)16(28)21(31-8)34-19-17(29)20(30)32-12(7-22)18(19)33-13(25)5-3-9-2-4-10(23)11(24)6-9/h2-6,8,12,14-24,26-30H,7H2,1H3/t8-,12-,14-,15+,16+,17-,18-,19-,20-,21+/m0/s1. The third-order valence-electron chi connectivity index (χ3n) is 5.58. The van der Waals surface area contributed by atoms with Gasteiger partial charge in [-0.3, -0.25) is 0 Å². The van der Waals surface area contributed by atoms with Gasteiger partial charge in [-0.25, -0.2) is 4.79 Å². The third kappa shape index (κ3) is 5.66. The molecule has 0 radical (unpaired) electrons. The minimum atomic E-state index is -1.85. The van der Waals surface area contributed by atoms with Crippen LogP contribution in [0.5, 0.6) is 11.5 Å². The van der Waals surface area contributed by atoms with Gasteiger partial charge in [-0.15, -0.1) is 0 Å². The summed E-state index contributed by atoms with van der Waals surface area (Å²) in [5.74, 6) is -1.74. The molecule has 0 unspecified atom stereocenters. The van der Waals surface area contributed by atoms with Crippen LogP contribution >= 0.6 is 0 Å². The minimum absolute atomic E-state index is 0.342. The summed E-state index contributed by atoms with van der Waals surface area (Å²) in [6.07, 6.45) is -13.2. The summed E-state index contributed by atoms with van der Waals surface area (Å²) in [5, 5.41) is 79.0. The van der Waals surface area contributed by atoms with Gasteiger partial charge in [0.2, 0.25) is 0 Å². The number of esters is 1. The maximum Gasteiger partial charge on any atom is 0.331 e. The molecule has 0 aliphatic carbocycles. The number of carbonyl (C=O) groups excluding carboxylic acids is 1. The third-order valence-corrected chi connectivity index (χ3v) is 5.58. The summed E-state index contributed by atoms with van der Waals surface area (Å²) >= 11 is 0. The highest BCUT2D eigenvalue weighted by Crippen LogP contribution is 2.30. The molecule has 190 valence electrons. The van der Waals surface area contributed by atoms with Crippen molar-refractivity contribution in [2.45, 2.75) is 68.3 Å². The maximum absolute atomic E-state index is 12.4. The summed E-state index contributed by atoms with van der Waals surface area (Å²) in [7, 11) is 0. The SMILES string of the molecule is C[C@@H]1O[C@H](O[C@H]2[C@H](O)[C@@H](O)O[C@@H](CO)[C@@H]2OC(=O)C=Cc2ccc(O)c(O)c2)[C@H](O)[C@H](O)[C@H]1O. The van der Waals surface area contributed by atoms with Crippen LogP contribution in [-0.4, -0.2) is 115 Å². The second kappa shape index (κ2) is 10.9. The summed E-state index contributed by atoms with van der Waals surface area (Å²) < 4.78 is 21.3. The van der Waals surface area contributed by atoms with Gasteiger partial charge in [-0.05, 0) is 30.7 Å². The molecule has 0 saturated carbocycles. The zero-order valence-corrected chi connectivity index (χ0v) is 18.0. The van der Waals surface area contributed by atoms with Crippen molar-refractivity contribution in [1.82, 2.24) is 0 Å². The van der Waals surface area contributed by atoms with Crippen molar-refractivity contribution in [3.05, 3.63) is 29.8 Å². The Morgan fingerprint density at radius 1 is 0.971 bits per heavy atom. The highest BCUT2D eigenvalue weighted by Gasteiger charge is 2.51. The molecule has 0 aromatic heterocycles. The van der Waals surface area contributed by atoms with Crippen LogP contribution in [0, 0.1) is 0 Å². The van der Waals surface area contributed by atoms with Gasteiger partial charge in [0.1, 0.15) is 36.6 Å². The van der Waals surface area contributed by atoms with E-state index in [1.54, 1.807) is 0 Å². The molecule has 1 aromatic rings. The summed E-state index contributed by atoms with van der Waals surface area (Å²) in [4.78, 5) is 12.4. The molecule has 1 aromatic carbocycles. The average Bonchev–Trinajstić information content (AvgIpc) is 2.81. The first-order valence-corrected chi connectivity index (χ1v) is 10.4. The number of hydrogen-bond donors (Lipinski definition) is 8. The monoisotopic (exact) mass is 488 g/mol. The van der Waals surface area contributed by atoms with Crippen LogP contribution in [0.3, 0.4) is 0 Å². The molecule has 2 aliphatic rings. The zero-order valence-electron chi connectivity index (χ0n) is 18.0. The molecule has 13 nitrogen and oxygen atoms in total. The molecule has 0 bridgehead atoms. The molecular formula is C21H28O13. The number of ether oxygens (including phenoxy) is 4. The van der Waals surface area contributed by atoms with E-state index in [4.69, 9.17) is 18.9 Å². The Balaban J connectivity index is 1.77. The fourth-order valence-corrected chi connectivity index (χ4v) is 3.62. The van der Waals surface area contributed by atoms with Crippen LogP contribution < -0.4 is 0 Å². The van der Waals surface area contributed by atoms with Crippen LogP contribution in [0.25, 0.3) is 6.08 Å². The average molecular weight is 488 g/mol. The van der Waals surface area contributed by atoms with Crippen LogP contribution in [0.1, 0.15) is 12.5 Å². The lowest BCUT2D eigenvalue weighted by atomic mass is 9.97. The van der Waals surface area contributed by atoms with Crippen molar-refractivity contribution in [3.8, 4) is 11.5 Å². The second-order valence-corrected chi connectivity index (χ2v) is 8.00. The Morgan fingerprint density at radius 2 is 1.68 bits per heavy atom. The maximum atomic E-state index is 12.4. The Bertz CT molecular complexity index is 876. The van der Waals surface area contributed by atoms with E-state index in [-0.39, 0.29) is 5.75 Å². The lowest BCUT2D eigenvalue weighted by Crippen LogP contribution is -2.64. The molecule has 0 amide bonds. The smallest absolute Gasteiger partial charge is 0.331 e. The number of aliphatic hydroxyl groups is 6. The topological polar surface area (TPSA) is 216 Å². The van der Waals surface area contributed by atoms with Gasteiger partial charge in [-0.2, -0.15) is 0 Å². The van der Waals surface area contributed by atoms with E-state index >= 15 is 0 Å². The predicted octanol–water partition coefficient (Wildman–Crippen LogP) is -2.69. The van der Waals surface area contributed by atoms with Crippen molar-refractivity contribution in [3.63, 3.8) is 0 Å². The van der Waals surface area contributed by atoms with Gasteiger partial charge in [0.25, 0.3) is 0 Å². The normalized spacial score (nSPS) is 38.7. The van der Waals surface area contributed by atoms with Gasteiger partial charge >= 0.3 is 5.97 Å². The van der Waals surface area contributed by atoms with Gasteiger partial charge < -0.3 is 59.8 Å². The minimum Gasteiger partial charge on any atom is -0.504 e. The molecule has 2 heterocycles. The largest absolute Gasteiger partial charge is 0.504 e. The first kappa shape index (κ1) is 26.3. The quantitative estimate of drug-likeness (QED) is 0.116. The number of benzene rings is 1. The lowest BCUT2D eigenvalue weighted by molar-refractivity contribution is -0.352. The van der Waals surface area contributed by atoms with Gasteiger partial charge in [0.15, 0.2) is 30.2 Å². The molecule has 8 N–H and O–H groups in total. The Kier molecular flexibility index (Phi) is 8.46. The molecular weight excluding hydrogens is 460 g/mol. The number of rotatable bonds is 6. The van der Waals surface area contributed by atoms with Gasteiger partial charge in [0.05, 0.1) is 12.7 Å². The van der Waals surface area contributed by atoms with Crippen LogP contribution in [0.4, 0.5) is 0 Å². The predicted molar refractivity (Wildman–Crippen MR) is 110 cm³/mol. The molecule has 3 rings (SSSR count). The number of aliphatic hydroxyl groups excluding tert-OH is 6. The number of carbonyl (C=O) groups is 1. The second-order valence-electron chi connectivity index (χ2n) is 8.00. The summed E-state index contributed by atoms with van der Waals surface area (Å²) in [5.41, 5.74) is 0.342. The van der Waals surface area contributed by atoms with Crippen molar-refractivity contribution in [2.75, 3.05) is 6.61 Å². The number of hydrogen-bond acceptors (Lipinski definition) is 13. The summed E-state index contributed by atoms with van der Waals surface area (Å²) in [6.45, 7) is 0.661. The van der Waals surface area contributed by atoms with Crippen molar-refractivity contribution >= 4 is 12.0 Å². The van der Waals surface area contributed by atoms with Gasteiger partial charge in [-0.1, -0.05) is 6.07 Å². The molecule has 34 heavy (non-hydrogen) atoms. The van der Waals surface area contributed by atoms with Crippen molar-refractivity contribution in [2.24, 2.45) is 0 Å². The Morgan fingerprint density at radius 3 is 2.32 bits per heavy atom. The first-order valence-electron chi connectivity index (χ1n) is 10.4. The van der Waals surface area contributed by atoms with E-state index < -0.39 is 79.7 Å². The lowest BCUT2D eigenvalue weighted by Gasteiger charge is -2.45. The number of phenolic OH excluding ortho intramolecular Hbond substituents is 2. The molecule has 2 fully saturated rings. The van der Waals surface area contributed by atoms with Crippen LogP contribution in [0.15, 0.2) is 24.3 Å². The molecule has 13 heteroatoms. The molecule has 0 spiro atoms. The molecule has 2 aliphatic heterocycles. The fraction of sp³-hybridized carbons (Fsp3) is 0.571. The van der Waals surface area contributed by atoms with E-state index in [0.717, 1.165) is 6.08 Å². The van der Waals surface area contributed by atoms with Crippen LogP contribution in [0.2, 0.25) is 0 Å². The summed E-state index contributed by atoms with van der Waals surface area (Å²) in [6, 6.07) is 3.81. The highest BCUT2D eigenvalue weighted by molar-refractivity contribution is 5.87. The Hall–Kier alpha value is -2.33. The fourth-order valence-electron chi connectivity index (χ4n) is 3.62. The zero-order chi connectivity index (χ0) is 25.2.